The number of aromatic hydroxyl groups is 1. The first-order valence-electron chi connectivity index (χ1n) is 12.0. The van der Waals surface area contributed by atoms with Crippen molar-refractivity contribution in [2.75, 3.05) is 18.0 Å². The van der Waals surface area contributed by atoms with Gasteiger partial charge in [0.2, 0.25) is 5.88 Å². The van der Waals surface area contributed by atoms with Crippen molar-refractivity contribution >= 4 is 26.4 Å². The highest BCUT2D eigenvalue weighted by atomic mass is 32.2. The molecule has 12 heteroatoms. The van der Waals surface area contributed by atoms with Crippen LogP contribution in [0, 0.1) is 6.92 Å². The van der Waals surface area contributed by atoms with E-state index in [9.17, 15) is 31.5 Å². The molecule has 0 bridgehead atoms. The van der Waals surface area contributed by atoms with Gasteiger partial charge in [-0.2, -0.15) is 13.2 Å². The monoisotopic (exact) mass is 546 g/mol. The second-order valence-corrected chi connectivity index (χ2v) is 11.2. The SMILES string of the molecule is Cc1c(O)n(-c2ccc(S(=O)(=O)C(F)(F)F)cc2)c(=O)n1Cc1ccnc2cccc(N3CCCCC3)c12. The van der Waals surface area contributed by atoms with Crippen LogP contribution in [0.1, 0.15) is 30.5 Å². The largest absolute Gasteiger partial charge is 0.501 e. The third kappa shape index (κ3) is 4.32. The summed E-state index contributed by atoms with van der Waals surface area (Å²) in [6, 6.07) is 11.3. The molecule has 0 amide bonds. The summed E-state index contributed by atoms with van der Waals surface area (Å²) in [6.45, 7) is 3.52. The molecule has 0 aliphatic carbocycles. The molecule has 2 aromatic heterocycles. The van der Waals surface area contributed by atoms with Gasteiger partial charge in [0, 0.05) is 30.4 Å². The van der Waals surface area contributed by atoms with E-state index in [2.05, 4.69) is 9.88 Å². The number of benzene rings is 2. The quantitative estimate of drug-likeness (QED) is 0.395. The Labute approximate surface area is 216 Å². The van der Waals surface area contributed by atoms with E-state index in [1.807, 2.05) is 24.3 Å². The number of hydrogen-bond donors (Lipinski definition) is 1. The maximum atomic E-state index is 13.4. The predicted octanol–water partition coefficient (Wildman–Crippen LogP) is 4.53. The molecule has 0 saturated carbocycles. The number of aromatic nitrogens is 3. The van der Waals surface area contributed by atoms with Crippen molar-refractivity contribution in [2.24, 2.45) is 0 Å². The first kappa shape index (κ1) is 25.8. The van der Waals surface area contributed by atoms with Crippen LogP contribution in [0.2, 0.25) is 0 Å². The van der Waals surface area contributed by atoms with E-state index in [1.54, 1.807) is 13.1 Å². The molecule has 1 aliphatic heterocycles. The molecule has 8 nitrogen and oxygen atoms in total. The summed E-state index contributed by atoms with van der Waals surface area (Å²) in [5.74, 6) is -0.393. The van der Waals surface area contributed by atoms with Crippen LogP contribution >= 0.6 is 0 Å². The van der Waals surface area contributed by atoms with Crippen molar-refractivity contribution in [1.29, 1.82) is 0 Å². The highest BCUT2D eigenvalue weighted by Crippen LogP contribution is 2.33. The van der Waals surface area contributed by atoms with Crippen LogP contribution < -0.4 is 10.6 Å². The average molecular weight is 547 g/mol. The number of hydrogen-bond acceptors (Lipinski definition) is 6. The highest BCUT2D eigenvalue weighted by molar-refractivity contribution is 7.92. The Morgan fingerprint density at radius 2 is 1.68 bits per heavy atom. The van der Waals surface area contributed by atoms with Crippen molar-refractivity contribution in [2.45, 2.75) is 43.1 Å². The molecule has 1 N–H and O–H groups in total. The number of nitrogens with zero attached hydrogens (tertiary/aromatic N) is 4. The lowest BCUT2D eigenvalue weighted by Crippen LogP contribution is -2.30. The molecule has 38 heavy (non-hydrogen) atoms. The number of sulfone groups is 1. The normalized spacial score (nSPS) is 14.8. The molecule has 1 aliphatic rings. The molecule has 4 aromatic rings. The fourth-order valence-electron chi connectivity index (χ4n) is 4.92. The summed E-state index contributed by atoms with van der Waals surface area (Å²) in [5, 5.41) is 11.7. The lowest BCUT2D eigenvalue weighted by Gasteiger charge is -2.30. The summed E-state index contributed by atoms with van der Waals surface area (Å²) in [4.78, 5) is 19.3. The molecule has 2 aromatic carbocycles. The minimum Gasteiger partial charge on any atom is -0.493 e. The Balaban J connectivity index is 1.56. The van der Waals surface area contributed by atoms with E-state index < -0.39 is 31.8 Å². The number of pyridine rings is 1. The molecule has 0 atom stereocenters. The fourth-order valence-corrected chi connectivity index (χ4v) is 5.68. The van der Waals surface area contributed by atoms with Gasteiger partial charge in [-0.1, -0.05) is 6.07 Å². The molecule has 1 saturated heterocycles. The van der Waals surface area contributed by atoms with Crippen LogP contribution in [0.15, 0.2) is 64.4 Å². The number of alkyl halides is 3. The van der Waals surface area contributed by atoms with Gasteiger partial charge < -0.3 is 10.0 Å². The van der Waals surface area contributed by atoms with E-state index in [0.717, 1.165) is 76.9 Å². The van der Waals surface area contributed by atoms with Gasteiger partial charge in [0.1, 0.15) is 0 Å². The number of imidazole rings is 1. The molecule has 0 spiro atoms. The van der Waals surface area contributed by atoms with E-state index in [1.165, 1.54) is 11.0 Å². The zero-order valence-corrected chi connectivity index (χ0v) is 21.3. The van der Waals surface area contributed by atoms with Gasteiger partial charge >= 0.3 is 11.2 Å². The maximum Gasteiger partial charge on any atom is 0.501 e. The van der Waals surface area contributed by atoms with Crippen molar-refractivity contribution < 1.29 is 26.7 Å². The zero-order chi connectivity index (χ0) is 27.2. The number of halogens is 3. The lowest BCUT2D eigenvalue weighted by molar-refractivity contribution is -0.0436. The third-order valence-electron chi connectivity index (χ3n) is 6.93. The third-order valence-corrected chi connectivity index (χ3v) is 8.43. The van der Waals surface area contributed by atoms with Crippen molar-refractivity contribution in [3.05, 3.63) is 76.5 Å². The molecular weight excluding hydrogens is 521 g/mol. The zero-order valence-electron chi connectivity index (χ0n) is 20.4. The molecule has 3 heterocycles. The molecule has 0 radical (unpaired) electrons. The molecule has 0 unspecified atom stereocenters. The molecule has 1 fully saturated rings. The second kappa shape index (κ2) is 9.50. The molecule has 5 rings (SSSR count). The van der Waals surface area contributed by atoms with Gasteiger partial charge in [-0.3, -0.25) is 9.55 Å². The van der Waals surface area contributed by atoms with Gasteiger partial charge in [-0.15, -0.1) is 0 Å². The van der Waals surface area contributed by atoms with Crippen LogP contribution in [-0.4, -0.2) is 46.2 Å². The first-order valence-corrected chi connectivity index (χ1v) is 13.5. The van der Waals surface area contributed by atoms with Gasteiger partial charge in [-0.25, -0.2) is 17.8 Å². The van der Waals surface area contributed by atoms with Crippen molar-refractivity contribution in [1.82, 2.24) is 14.1 Å². The molecular formula is C26H25F3N4O4S. The van der Waals surface area contributed by atoms with Crippen LogP contribution in [0.5, 0.6) is 5.88 Å². The van der Waals surface area contributed by atoms with Gasteiger partial charge in [0.05, 0.1) is 28.3 Å². The summed E-state index contributed by atoms with van der Waals surface area (Å²) >= 11 is 0. The summed E-state index contributed by atoms with van der Waals surface area (Å²) < 4.78 is 64.4. The Hall–Kier alpha value is -3.80. The van der Waals surface area contributed by atoms with Gasteiger partial charge in [-0.05, 0) is 74.2 Å². The van der Waals surface area contributed by atoms with Crippen LogP contribution in [0.3, 0.4) is 0 Å². The van der Waals surface area contributed by atoms with Crippen molar-refractivity contribution in [3.63, 3.8) is 0 Å². The minimum atomic E-state index is -5.54. The van der Waals surface area contributed by atoms with E-state index >= 15 is 0 Å². The standard InChI is InChI=1S/C26H25F3N4O4S/c1-17-24(34)33(19-8-10-20(11-9-19)38(36,37)26(27,28)29)25(35)32(17)16-18-12-13-30-21-6-5-7-22(23(18)21)31-14-3-2-4-15-31/h5-13,34H,2-4,14-16H2,1H3. The summed E-state index contributed by atoms with van der Waals surface area (Å²) in [7, 11) is -5.54. The Morgan fingerprint density at radius 3 is 2.34 bits per heavy atom. The van der Waals surface area contributed by atoms with Crippen molar-refractivity contribution in [3.8, 4) is 11.6 Å². The number of anilines is 1. The smallest absolute Gasteiger partial charge is 0.493 e. The maximum absolute atomic E-state index is 13.4. The first-order chi connectivity index (χ1) is 18.0. The number of fused-ring (bicyclic) bond motifs is 1. The predicted molar refractivity (Wildman–Crippen MR) is 137 cm³/mol. The van der Waals surface area contributed by atoms with Crippen LogP contribution in [0.4, 0.5) is 18.9 Å². The van der Waals surface area contributed by atoms with E-state index in [-0.39, 0.29) is 17.9 Å². The Kier molecular flexibility index (Phi) is 6.46. The number of rotatable bonds is 5. The minimum absolute atomic E-state index is 0.0315. The van der Waals surface area contributed by atoms with E-state index in [4.69, 9.17) is 0 Å². The summed E-state index contributed by atoms with van der Waals surface area (Å²) in [6.07, 6.45) is 5.01. The van der Waals surface area contributed by atoms with E-state index in [0.29, 0.717) is 0 Å². The highest BCUT2D eigenvalue weighted by Gasteiger charge is 2.46. The fraction of sp³-hybridized carbons (Fsp3) is 0.308. The Bertz CT molecular complexity index is 1660. The number of piperidine rings is 1. The lowest BCUT2D eigenvalue weighted by atomic mass is 10.0. The topological polar surface area (TPSA) is 97.4 Å². The Morgan fingerprint density at radius 1 is 1.00 bits per heavy atom. The average Bonchev–Trinajstić information content (AvgIpc) is 3.11. The van der Waals surface area contributed by atoms with Gasteiger partial charge in [0.15, 0.2) is 0 Å². The van der Waals surface area contributed by atoms with Crippen LogP contribution in [-0.2, 0) is 16.4 Å². The second-order valence-electron chi connectivity index (χ2n) is 9.25. The summed E-state index contributed by atoms with van der Waals surface area (Å²) in [5.41, 5.74) is -3.15. The van der Waals surface area contributed by atoms with Gasteiger partial charge in [0.25, 0.3) is 9.84 Å². The van der Waals surface area contributed by atoms with Crippen LogP contribution in [0.25, 0.3) is 16.6 Å². The molecule has 200 valence electrons.